The summed E-state index contributed by atoms with van der Waals surface area (Å²) in [6, 6.07) is 3.71. The van der Waals surface area contributed by atoms with Crippen molar-refractivity contribution in [2.45, 2.75) is 44.2 Å². The molecule has 2 aliphatic rings. The van der Waals surface area contributed by atoms with Crippen molar-refractivity contribution in [3.8, 4) is 5.75 Å². The molecule has 0 aromatic heterocycles. The maximum absolute atomic E-state index is 13.2. The fourth-order valence-corrected chi connectivity index (χ4v) is 5.55. The Labute approximate surface area is 152 Å². The molecule has 25 heavy (non-hydrogen) atoms. The van der Waals surface area contributed by atoms with Crippen molar-refractivity contribution in [2.24, 2.45) is 0 Å². The van der Waals surface area contributed by atoms with Crippen molar-refractivity contribution in [2.75, 3.05) is 18.1 Å². The van der Waals surface area contributed by atoms with E-state index in [-0.39, 0.29) is 41.1 Å². The lowest BCUT2D eigenvalue weighted by Gasteiger charge is -2.34. The molecule has 2 fully saturated rings. The molecule has 1 saturated heterocycles. The first kappa shape index (κ1) is 18.5. The van der Waals surface area contributed by atoms with Crippen LogP contribution in [0, 0.1) is 5.82 Å². The van der Waals surface area contributed by atoms with Gasteiger partial charge < -0.3 is 9.64 Å². The Morgan fingerprint density at radius 1 is 1.24 bits per heavy atom. The molecule has 1 aromatic rings. The van der Waals surface area contributed by atoms with Gasteiger partial charge in [-0.3, -0.25) is 4.79 Å². The molecule has 1 heterocycles. The molecule has 3 rings (SSSR count). The quantitative estimate of drug-likeness (QED) is 0.776. The first-order chi connectivity index (χ1) is 11.9. The van der Waals surface area contributed by atoms with E-state index in [0.29, 0.717) is 12.2 Å². The summed E-state index contributed by atoms with van der Waals surface area (Å²) in [4.78, 5) is 14.5. The molecule has 0 unspecified atom stereocenters. The van der Waals surface area contributed by atoms with Crippen molar-refractivity contribution < 1.29 is 22.3 Å². The number of nitrogens with zero attached hydrogens (tertiary/aromatic N) is 1. The van der Waals surface area contributed by atoms with Crippen LogP contribution in [0.4, 0.5) is 4.39 Å². The summed E-state index contributed by atoms with van der Waals surface area (Å²) in [6.45, 7) is -0.213. The Morgan fingerprint density at radius 3 is 2.56 bits per heavy atom. The lowest BCUT2D eigenvalue weighted by Crippen LogP contribution is -2.48. The van der Waals surface area contributed by atoms with E-state index in [9.17, 15) is 17.6 Å². The van der Waals surface area contributed by atoms with Gasteiger partial charge >= 0.3 is 0 Å². The predicted octanol–water partition coefficient (Wildman–Crippen LogP) is 2.82. The summed E-state index contributed by atoms with van der Waals surface area (Å²) < 4.78 is 42.3. The van der Waals surface area contributed by atoms with E-state index < -0.39 is 15.7 Å². The highest BCUT2D eigenvalue weighted by atomic mass is 35.5. The molecule has 0 spiro atoms. The number of benzene rings is 1. The van der Waals surface area contributed by atoms with Crippen LogP contribution in [0.25, 0.3) is 0 Å². The molecule has 138 valence electrons. The van der Waals surface area contributed by atoms with Crippen LogP contribution in [0.15, 0.2) is 18.2 Å². The number of amides is 1. The second-order valence-electron chi connectivity index (χ2n) is 6.66. The van der Waals surface area contributed by atoms with Gasteiger partial charge in [0.15, 0.2) is 16.4 Å². The van der Waals surface area contributed by atoms with Crippen LogP contribution in [-0.2, 0) is 14.6 Å². The van der Waals surface area contributed by atoms with Crippen molar-refractivity contribution in [1.82, 2.24) is 4.90 Å². The van der Waals surface area contributed by atoms with E-state index >= 15 is 0 Å². The van der Waals surface area contributed by atoms with Gasteiger partial charge in [0.05, 0.1) is 16.5 Å². The van der Waals surface area contributed by atoms with E-state index in [4.69, 9.17) is 16.3 Å². The maximum atomic E-state index is 13.2. The summed E-state index contributed by atoms with van der Waals surface area (Å²) in [5.74, 6) is -0.316. The lowest BCUT2D eigenvalue weighted by atomic mass is 10.1. The molecule has 1 aliphatic heterocycles. The van der Waals surface area contributed by atoms with Crippen molar-refractivity contribution >= 4 is 27.3 Å². The van der Waals surface area contributed by atoms with E-state index in [2.05, 4.69) is 0 Å². The summed E-state index contributed by atoms with van der Waals surface area (Å²) in [5, 5.41) is -0.0699. The minimum Gasteiger partial charge on any atom is -0.484 e. The third-order valence-electron chi connectivity index (χ3n) is 4.86. The Balaban J connectivity index is 1.69. The average molecular weight is 390 g/mol. The van der Waals surface area contributed by atoms with Gasteiger partial charge in [-0.15, -0.1) is 0 Å². The predicted molar refractivity (Wildman–Crippen MR) is 93.1 cm³/mol. The van der Waals surface area contributed by atoms with Gasteiger partial charge in [0.2, 0.25) is 0 Å². The van der Waals surface area contributed by atoms with E-state index in [1.165, 1.54) is 18.2 Å². The minimum absolute atomic E-state index is 0.0254. The Morgan fingerprint density at radius 2 is 1.96 bits per heavy atom. The molecule has 1 saturated carbocycles. The van der Waals surface area contributed by atoms with Gasteiger partial charge in [-0.25, -0.2) is 12.8 Å². The van der Waals surface area contributed by atoms with Crippen molar-refractivity contribution in [3.63, 3.8) is 0 Å². The normalized spacial score (nSPS) is 22.9. The first-order valence-electron chi connectivity index (χ1n) is 8.45. The molecular weight excluding hydrogens is 369 g/mol. The minimum atomic E-state index is -3.07. The van der Waals surface area contributed by atoms with Crippen LogP contribution >= 0.6 is 11.6 Å². The van der Waals surface area contributed by atoms with Gasteiger partial charge in [-0.2, -0.15) is 0 Å². The van der Waals surface area contributed by atoms with E-state index in [0.717, 1.165) is 25.7 Å². The zero-order valence-electron chi connectivity index (χ0n) is 13.8. The lowest BCUT2D eigenvalue weighted by molar-refractivity contribution is -0.137. The fourth-order valence-electron chi connectivity index (χ4n) is 3.67. The Bertz CT molecular complexity index is 749. The van der Waals surface area contributed by atoms with Crippen molar-refractivity contribution in [1.29, 1.82) is 0 Å². The molecule has 0 radical (unpaired) electrons. The summed E-state index contributed by atoms with van der Waals surface area (Å²) in [6.07, 6.45) is 4.35. The topological polar surface area (TPSA) is 63.7 Å². The third kappa shape index (κ3) is 4.44. The summed E-state index contributed by atoms with van der Waals surface area (Å²) in [5.41, 5.74) is 0. The molecule has 1 atom stereocenters. The molecule has 1 amide bonds. The number of halogens is 2. The highest BCUT2D eigenvalue weighted by molar-refractivity contribution is 7.91. The Kier molecular flexibility index (Phi) is 5.53. The van der Waals surface area contributed by atoms with Crippen LogP contribution in [-0.4, -0.2) is 49.4 Å². The zero-order valence-corrected chi connectivity index (χ0v) is 15.4. The van der Waals surface area contributed by atoms with Gasteiger partial charge in [-0.1, -0.05) is 24.4 Å². The number of ether oxygens (including phenoxy) is 1. The molecule has 1 aliphatic carbocycles. The van der Waals surface area contributed by atoms with Gasteiger partial charge in [0.1, 0.15) is 11.6 Å². The fraction of sp³-hybridized carbons (Fsp3) is 0.588. The monoisotopic (exact) mass is 389 g/mol. The average Bonchev–Trinajstić information content (AvgIpc) is 3.19. The number of hydrogen-bond acceptors (Lipinski definition) is 4. The summed E-state index contributed by atoms with van der Waals surface area (Å²) >= 11 is 5.71. The van der Waals surface area contributed by atoms with Crippen LogP contribution in [0.1, 0.15) is 32.1 Å². The van der Waals surface area contributed by atoms with Crippen LogP contribution in [0.3, 0.4) is 0 Å². The smallest absolute Gasteiger partial charge is 0.261 e. The van der Waals surface area contributed by atoms with Gasteiger partial charge in [0, 0.05) is 18.2 Å². The van der Waals surface area contributed by atoms with Gasteiger partial charge in [-0.05, 0) is 31.4 Å². The first-order valence-corrected chi connectivity index (χ1v) is 10.6. The molecule has 1 aromatic carbocycles. The van der Waals surface area contributed by atoms with Gasteiger partial charge in [0.25, 0.3) is 5.91 Å². The largest absolute Gasteiger partial charge is 0.484 e. The number of sulfone groups is 1. The molecule has 0 bridgehead atoms. The second-order valence-corrected chi connectivity index (χ2v) is 9.30. The second kappa shape index (κ2) is 7.50. The van der Waals surface area contributed by atoms with Crippen molar-refractivity contribution in [3.05, 3.63) is 29.0 Å². The number of rotatable bonds is 5. The molecule has 8 heteroatoms. The van der Waals surface area contributed by atoms with E-state index in [1.54, 1.807) is 4.90 Å². The number of carbonyl (C=O) groups excluding carboxylic acids is 1. The molecule has 5 nitrogen and oxygen atoms in total. The molecule has 0 N–H and O–H groups in total. The SMILES string of the molecule is O=C(COc1ccc(F)c(Cl)c1)N(C1CCCC1)[C@@H]1CCS(=O)(=O)C1. The number of hydrogen-bond donors (Lipinski definition) is 0. The van der Waals surface area contributed by atoms with Crippen LogP contribution in [0.5, 0.6) is 5.75 Å². The zero-order chi connectivity index (χ0) is 18.0. The highest BCUT2D eigenvalue weighted by Crippen LogP contribution is 2.29. The summed E-state index contributed by atoms with van der Waals surface area (Å²) in [7, 11) is -3.07. The van der Waals surface area contributed by atoms with Crippen LogP contribution in [0.2, 0.25) is 5.02 Å². The van der Waals surface area contributed by atoms with E-state index in [1.807, 2.05) is 0 Å². The highest BCUT2D eigenvalue weighted by Gasteiger charge is 2.39. The molecular formula is C17H21ClFNO4S. The standard InChI is InChI=1S/C17H21ClFNO4S/c18-15-9-14(5-6-16(15)19)24-10-17(21)20(12-3-1-2-4-12)13-7-8-25(22,23)11-13/h5-6,9,12-13H,1-4,7-8,10-11H2/t13-/m1/s1. The van der Waals surface area contributed by atoms with Crippen LogP contribution < -0.4 is 4.74 Å². The third-order valence-corrected chi connectivity index (χ3v) is 6.90. The Hall–Kier alpha value is -1.34. The number of carbonyl (C=O) groups is 1. The maximum Gasteiger partial charge on any atom is 0.261 e.